The van der Waals surface area contributed by atoms with Crippen LogP contribution in [0.2, 0.25) is 0 Å². The predicted molar refractivity (Wildman–Crippen MR) is 80.7 cm³/mol. The number of nitrogens with zero attached hydrogens (tertiary/aromatic N) is 1. The Kier molecular flexibility index (Phi) is 3.93. The lowest BCUT2D eigenvalue weighted by atomic mass is 9.99. The minimum atomic E-state index is -0.116. The van der Waals surface area contributed by atoms with Crippen LogP contribution in [0.4, 0.5) is 4.39 Å². The molecular formula is C18H18FN. The monoisotopic (exact) mass is 267 g/mol. The van der Waals surface area contributed by atoms with Gasteiger partial charge in [-0.1, -0.05) is 54.6 Å². The topological polar surface area (TPSA) is 3.24 Å². The van der Waals surface area contributed by atoms with Crippen LogP contribution in [0.5, 0.6) is 0 Å². The molecule has 0 fully saturated rings. The molecule has 0 atom stereocenters. The van der Waals surface area contributed by atoms with Crippen molar-refractivity contribution < 1.29 is 4.39 Å². The molecule has 20 heavy (non-hydrogen) atoms. The highest BCUT2D eigenvalue weighted by Crippen LogP contribution is 2.25. The Morgan fingerprint density at radius 3 is 2.40 bits per heavy atom. The van der Waals surface area contributed by atoms with Crippen molar-refractivity contribution in [3.8, 4) is 0 Å². The highest BCUT2D eigenvalue weighted by Gasteiger charge is 2.15. The van der Waals surface area contributed by atoms with Crippen molar-refractivity contribution >= 4 is 5.57 Å². The minimum absolute atomic E-state index is 0.116. The van der Waals surface area contributed by atoms with Gasteiger partial charge in [-0.25, -0.2) is 4.39 Å². The minimum Gasteiger partial charge on any atom is -0.295 e. The van der Waals surface area contributed by atoms with Gasteiger partial charge in [0.1, 0.15) is 5.82 Å². The highest BCUT2D eigenvalue weighted by molar-refractivity contribution is 5.67. The maximum atomic E-state index is 13.8. The van der Waals surface area contributed by atoms with Crippen molar-refractivity contribution in [3.05, 3.63) is 77.6 Å². The summed E-state index contributed by atoms with van der Waals surface area (Å²) in [6.07, 6.45) is 3.07. The van der Waals surface area contributed by atoms with Crippen LogP contribution in [0.25, 0.3) is 5.57 Å². The van der Waals surface area contributed by atoms with Crippen molar-refractivity contribution in [3.63, 3.8) is 0 Å². The third kappa shape index (κ3) is 2.97. The van der Waals surface area contributed by atoms with Crippen molar-refractivity contribution in [2.75, 3.05) is 13.1 Å². The molecule has 0 spiro atoms. The first-order chi connectivity index (χ1) is 9.83. The van der Waals surface area contributed by atoms with Gasteiger partial charge in [0.15, 0.2) is 0 Å². The van der Waals surface area contributed by atoms with Crippen LogP contribution < -0.4 is 0 Å². The third-order valence-electron chi connectivity index (χ3n) is 3.76. The van der Waals surface area contributed by atoms with Gasteiger partial charge in [0, 0.05) is 25.2 Å². The van der Waals surface area contributed by atoms with Gasteiger partial charge in [-0.15, -0.1) is 0 Å². The molecule has 0 radical (unpaired) electrons. The molecule has 102 valence electrons. The highest BCUT2D eigenvalue weighted by atomic mass is 19.1. The zero-order valence-electron chi connectivity index (χ0n) is 11.4. The van der Waals surface area contributed by atoms with Crippen LogP contribution >= 0.6 is 0 Å². The van der Waals surface area contributed by atoms with Crippen molar-refractivity contribution in [1.29, 1.82) is 0 Å². The molecule has 1 heterocycles. The predicted octanol–water partition coefficient (Wildman–Crippen LogP) is 4.12. The summed E-state index contributed by atoms with van der Waals surface area (Å²) >= 11 is 0. The SMILES string of the molecule is Fc1ccccc1C1=CCN(Cc2ccccc2)CC1. The van der Waals surface area contributed by atoms with Crippen molar-refractivity contribution in [2.24, 2.45) is 0 Å². The van der Waals surface area contributed by atoms with Crippen LogP contribution in [0.3, 0.4) is 0 Å². The second-order valence-electron chi connectivity index (χ2n) is 5.18. The second kappa shape index (κ2) is 6.02. The fourth-order valence-electron chi connectivity index (χ4n) is 2.66. The lowest BCUT2D eigenvalue weighted by molar-refractivity contribution is 0.293. The van der Waals surface area contributed by atoms with E-state index in [2.05, 4.69) is 35.2 Å². The van der Waals surface area contributed by atoms with Gasteiger partial charge >= 0.3 is 0 Å². The smallest absolute Gasteiger partial charge is 0.130 e. The molecule has 0 amide bonds. The summed E-state index contributed by atoms with van der Waals surface area (Å²) in [7, 11) is 0. The number of halogens is 1. The van der Waals surface area contributed by atoms with E-state index in [0.717, 1.165) is 37.2 Å². The van der Waals surface area contributed by atoms with Crippen LogP contribution in [0, 0.1) is 5.82 Å². The van der Waals surface area contributed by atoms with Crippen LogP contribution in [0.1, 0.15) is 17.5 Å². The average molecular weight is 267 g/mol. The standard InChI is InChI=1S/C18H18FN/c19-18-9-5-4-8-17(18)16-10-12-20(13-11-16)14-15-6-2-1-3-7-15/h1-10H,11-14H2. The molecular weight excluding hydrogens is 249 g/mol. The van der Waals surface area contributed by atoms with E-state index >= 15 is 0 Å². The summed E-state index contributed by atoms with van der Waals surface area (Å²) in [6, 6.07) is 17.5. The third-order valence-corrected chi connectivity index (χ3v) is 3.76. The Bertz CT molecular complexity index is 604. The summed E-state index contributed by atoms with van der Waals surface area (Å²) in [6.45, 7) is 2.83. The van der Waals surface area contributed by atoms with Gasteiger partial charge in [0.05, 0.1) is 0 Å². The largest absolute Gasteiger partial charge is 0.295 e. The summed E-state index contributed by atoms with van der Waals surface area (Å²) in [5.41, 5.74) is 3.22. The van der Waals surface area contributed by atoms with Crippen LogP contribution in [0.15, 0.2) is 60.7 Å². The Morgan fingerprint density at radius 2 is 1.70 bits per heavy atom. The fraction of sp³-hybridized carbons (Fsp3) is 0.222. The maximum Gasteiger partial charge on any atom is 0.130 e. The Hall–Kier alpha value is -1.93. The number of hydrogen-bond donors (Lipinski definition) is 0. The second-order valence-corrected chi connectivity index (χ2v) is 5.18. The fourth-order valence-corrected chi connectivity index (χ4v) is 2.66. The molecule has 0 unspecified atom stereocenters. The Morgan fingerprint density at radius 1 is 0.950 bits per heavy atom. The van der Waals surface area contributed by atoms with Gasteiger partial charge in [0.2, 0.25) is 0 Å². The van der Waals surface area contributed by atoms with E-state index in [0.29, 0.717) is 0 Å². The summed E-state index contributed by atoms with van der Waals surface area (Å²) in [4.78, 5) is 2.39. The van der Waals surface area contributed by atoms with E-state index in [1.807, 2.05) is 18.2 Å². The molecule has 0 N–H and O–H groups in total. The van der Waals surface area contributed by atoms with E-state index in [1.165, 1.54) is 11.6 Å². The van der Waals surface area contributed by atoms with E-state index in [-0.39, 0.29) is 5.82 Å². The van der Waals surface area contributed by atoms with Crippen molar-refractivity contribution in [1.82, 2.24) is 4.90 Å². The molecule has 2 heteroatoms. The molecule has 3 rings (SSSR count). The number of hydrogen-bond acceptors (Lipinski definition) is 1. The van der Waals surface area contributed by atoms with Gasteiger partial charge in [-0.3, -0.25) is 4.90 Å². The zero-order chi connectivity index (χ0) is 13.8. The van der Waals surface area contributed by atoms with E-state index in [4.69, 9.17) is 0 Å². The molecule has 2 aromatic rings. The molecule has 1 aliphatic rings. The Labute approximate surface area is 119 Å². The number of rotatable bonds is 3. The summed E-state index contributed by atoms with van der Waals surface area (Å²) in [5, 5.41) is 0. The maximum absolute atomic E-state index is 13.8. The summed E-state index contributed by atoms with van der Waals surface area (Å²) < 4.78 is 13.8. The van der Waals surface area contributed by atoms with Gasteiger partial charge in [0.25, 0.3) is 0 Å². The van der Waals surface area contributed by atoms with Gasteiger partial charge in [-0.05, 0) is 23.6 Å². The lowest BCUT2D eigenvalue weighted by Crippen LogP contribution is -2.28. The lowest BCUT2D eigenvalue weighted by Gasteiger charge is -2.26. The number of benzene rings is 2. The first-order valence-corrected chi connectivity index (χ1v) is 7.03. The molecule has 0 saturated carbocycles. The van der Waals surface area contributed by atoms with Gasteiger partial charge in [-0.2, -0.15) is 0 Å². The molecule has 1 aliphatic heterocycles. The first kappa shape index (κ1) is 13.1. The molecule has 1 nitrogen and oxygen atoms in total. The van der Waals surface area contributed by atoms with E-state index in [1.54, 1.807) is 6.07 Å². The molecule has 0 bridgehead atoms. The van der Waals surface area contributed by atoms with Crippen LogP contribution in [-0.4, -0.2) is 18.0 Å². The van der Waals surface area contributed by atoms with E-state index in [9.17, 15) is 4.39 Å². The average Bonchev–Trinajstić information content (AvgIpc) is 2.50. The molecule has 0 saturated heterocycles. The van der Waals surface area contributed by atoms with Crippen molar-refractivity contribution in [2.45, 2.75) is 13.0 Å². The molecule has 0 aliphatic carbocycles. The molecule has 0 aromatic heterocycles. The normalized spacial score (nSPS) is 15.9. The van der Waals surface area contributed by atoms with E-state index < -0.39 is 0 Å². The Balaban J connectivity index is 1.68. The first-order valence-electron chi connectivity index (χ1n) is 7.03. The quantitative estimate of drug-likeness (QED) is 0.808. The zero-order valence-corrected chi connectivity index (χ0v) is 11.4. The van der Waals surface area contributed by atoms with Crippen LogP contribution in [-0.2, 0) is 6.54 Å². The van der Waals surface area contributed by atoms with Gasteiger partial charge < -0.3 is 0 Å². The summed E-state index contributed by atoms with van der Waals surface area (Å²) in [5.74, 6) is -0.116. The molecule has 2 aromatic carbocycles.